The Bertz CT molecular complexity index is 793. The molecule has 3 amide bonds. The van der Waals surface area contributed by atoms with E-state index in [1.165, 1.54) is 0 Å². The second-order valence-corrected chi connectivity index (χ2v) is 7.98. The summed E-state index contributed by atoms with van der Waals surface area (Å²) in [4.78, 5) is 42.4. The third kappa shape index (κ3) is 4.10. The summed E-state index contributed by atoms with van der Waals surface area (Å²) in [6, 6.07) is 3.62. The molecular formula is C19H23N3O5S. The number of carbonyl (C=O) groups is 3. The molecule has 0 atom stereocenters. The third-order valence-corrected chi connectivity index (χ3v) is 5.99. The van der Waals surface area contributed by atoms with Crippen molar-refractivity contribution in [2.24, 2.45) is 0 Å². The number of piperidine rings is 1. The number of amides is 3. The van der Waals surface area contributed by atoms with Gasteiger partial charge in [-0.2, -0.15) is 0 Å². The van der Waals surface area contributed by atoms with Crippen LogP contribution in [-0.4, -0.2) is 72.8 Å². The van der Waals surface area contributed by atoms with E-state index in [4.69, 9.17) is 9.15 Å². The summed E-state index contributed by atoms with van der Waals surface area (Å²) in [6.07, 6.45) is 4.62. The molecule has 150 valence electrons. The second-order valence-electron chi connectivity index (χ2n) is 6.98. The molecule has 1 aromatic heterocycles. The monoisotopic (exact) mass is 405 g/mol. The van der Waals surface area contributed by atoms with Gasteiger partial charge >= 0.3 is 0 Å². The summed E-state index contributed by atoms with van der Waals surface area (Å²) < 4.78 is 11.1. The smallest absolute Gasteiger partial charge is 0.294 e. The fourth-order valence-electron chi connectivity index (χ4n) is 3.52. The molecule has 3 aliphatic rings. The van der Waals surface area contributed by atoms with Gasteiger partial charge in [-0.05, 0) is 37.1 Å². The Labute approximate surface area is 167 Å². The minimum absolute atomic E-state index is 0.171. The zero-order valence-electron chi connectivity index (χ0n) is 15.6. The molecule has 0 saturated carbocycles. The lowest BCUT2D eigenvalue weighted by Gasteiger charge is -2.27. The minimum atomic E-state index is -0.440. The molecule has 28 heavy (non-hydrogen) atoms. The fourth-order valence-corrected chi connectivity index (χ4v) is 4.34. The van der Waals surface area contributed by atoms with Crippen LogP contribution in [-0.2, 0) is 14.3 Å². The Balaban J connectivity index is 1.41. The highest BCUT2D eigenvalue weighted by molar-refractivity contribution is 8.18. The summed E-state index contributed by atoms with van der Waals surface area (Å²) in [5, 5.41) is -0.415. The summed E-state index contributed by atoms with van der Waals surface area (Å²) >= 11 is 0.844. The van der Waals surface area contributed by atoms with Crippen molar-refractivity contribution >= 4 is 40.8 Å². The van der Waals surface area contributed by atoms with Gasteiger partial charge in [0.05, 0.1) is 18.1 Å². The van der Waals surface area contributed by atoms with Crippen molar-refractivity contribution in [1.82, 2.24) is 9.80 Å². The van der Waals surface area contributed by atoms with Crippen molar-refractivity contribution in [3.8, 4) is 0 Å². The van der Waals surface area contributed by atoms with Gasteiger partial charge in [0.2, 0.25) is 5.91 Å². The Morgan fingerprint density at radius 2 is 1.82 bits per heavy atom. The second kappa shape index (κ2) is 8.40. The highest BCUT2D eigenvalue weighted by Gasteiger charge is 2.37. The van der Waals surface area contributed by atoms with Crippen LogP contribution in [0.3, 0.4) is 0 Å². The molecule has 0 aromatic carbocycles. The van der Waals surface area contributed by atoms with E-state index in [1.807, 2.05) is 6.07 Å². The normalized spacial score (nSPS) is 22.4. The van der Waals surface area contributed by atoms with Crippen LogP contribution in [0.25, 0.3) is 6.08 Å². The van der Waals surface area contributed by atoms with Gasteiger partial charge < -0.3 is 19.0 Å². The predicted molar refractivity (Wildman–Crippen MR) is 105 cm³/mol. The first-order chi connectivity index (χ1) is 13.6. The molecular weight excluding hydrogens is 382 g/mol. The summed E-state index contributed by atoms with van der Waals surface area (Å²) in [5.41, 5.74) is 0. The molecule has 0 aliphatic carbocycles. The number of furan rings is 1. The van der Waals surface area contributed by atoms with Crippen LogP contribution < -0.4 is 4.90 Å². The van der Waals surface area contributed by atoms with E-state index in [9.17, 15) is 14.4 Å². The van der Waals surface area contributed by atoms with E-state index < -0.39 is 11.1 Å². The summed E-state index contributed by atoms with van der Waals surface area (Å²) in [5.74, 6) is 0.615. The first kappa shape index (κ1) is 19.1. The molecule has 0 spiro atoms. The lowest BCUT2D eigenvalue weighted by Crippen LogP contribution is -2.44. The lowest BCUT2D eigenvalue weighted by molar-refractivity contribution is -0.136. The van der Waals surface area contributed by atoms with Crippen molar-refractivity contribution < 1.29 is 23.5 Å². The summed E-state index contributed by atoms with van der Waals surface area (Å²) in [7, 11) is 0. The Morgan fingerprint density at radius 3 is 2.57 bits per heavy atom. The van der Waals surface area contributed by atoms with Crippen LogP contribution in [0.4, 0.5) is 10.7 Å². The van der Waals surface area contributed by atoms with Crippen molar-refractivity contribution in [3.05, 3.63) is 22.8 Å². The van der Waals surface area contributed by atoms with Gasteiger partial charge in [-0.25, -0.2) is 0 Å². The predicted octanol–water partition coefficient (Wildman–Crippen LogP) is 2.17. The molecule has 0 radical (unpaired) electrons. The van der Waals surface area contributed by atoms with Crippen molar-refractivity contribution in [2.75, 3.05) is 50.8 Å². The van der Waals surface area contributed by atoms with Crippen LogP contribution in [0, 0.1) is 0 Å². The van der Waals surface area contributed by atoms with Gasteiger partial charge in [-0.1, -0.05) is 0 Å². The van der Waals surface area contributed by atoms with Crippen molar-refractivity contribution in [2.45, 2.75) is 19.3 Å². The number of ether oxygens (including phenoxy) is 1. The van der Waals surface area contributed by atoms with Gasteiger partial charge in [0, 0.05) is 38.3 Å². The number of rotatable bonds is 4. The SMILES string of the molecule is O=C(CN1C(=O)S/C(=C\c2ccc(N3CCOCC3)o2)C1=O)N1CCCCC1. The molecule has 0 N–H and O–H groups in total. The number of carbonyl (C=O) groups excluding carboxylic acids is 3. The fraction of sp³-hybridized carbons (Fsp3) is 0.526. The van der Waals surface area contributed by atoms with Crippen molar-refractivity contribution in [1.29, 1.82) is 0 Å². The Morgan fingerprint density at radius 1 is 1.07 bits per heavy atom. The number of nitrogens with zero attached hydrogens (tertiary/aromatic N) is 3. The molecule has 4 heterocycles. The molecule has 9 heteroatoms. The first-order valence-corrected chi connectivity index (χ1v) is 10.4. The molecule has 0 bridgehead atoms. The molecule has 8 nitrogen and oxygen atoms in total. The number of imide groups is 1. The van der Waals surface area contributed by atoms with Gasteiger partial charge in [0.15, 0.2) is 5.88 Å². The van der Waals surface area contributed by atoms with E-state index in [0.717, 1.165) is 49.0 Å². The third-order valence-electron chi connectivity index (χ3n) is 5.08. The quantitative estimate of drug-likeness (QED) is 0.710. The maximum Gasteiger partial charge on any atom is 0.294 e. The Kier molecular flexibility index (Phi) is 5.72. The van der Waals surface area contributed by atoms with Crippen molar-refractivity contribution in [3.63, 3.8) is 0 Å². The van der Waals surface area contributed by atoms with E-state index in [2.05, 4.69) is 4.90 Å². The van der Waals surface area contributed by atoms with Gasteiger partial charge in [0.25, 0.3) is 11.1 Å². The minimum Gasteiger partial charge on any atom is -0.441 e. The zero-order chi connectivity index (χ0) is 19.5. The molecule has 3 aliphatic heterocycles. The standard InChI is InChI=1S/C19H23N3O5S/c23-16(20-6-2-1-3-7-20)13-22-18(24)15(28-19(22)25)12-14-4-5-17(27-14)21-8-10-26-11-9-21/h4-5,12H,1-3,6-11,13H2/b15-12-. The van der Waals surface area contributed by atoms with Crippen LogP contribution >= 0.6 is 11.8 Å². The number of thioether (sulfide) groups is 1. The molecule has 3 fully saturated rings. The van der Waals surface area contributed by atoms with E-state index in [-0.39, 0.29) is 17.4 Å². The topological polar surface area (TPSA) is 83.3 Å². The van der Waals surface area contributed by atoms with E-state index >= 15 is 0 Å². The number of hydrogen-bond acceptors (Lipinski definition) is 7. The van der Waals surface area contributed by atoms with Gasteiger partial charge in [0.1, 0.15) is 12.3 Å². The maximum atomic E-state index is 12.6. The number of likely N-dealkylation sites (tertiary alicyclic amines) is 1. The van der Waals surface area contributed by atoms with Crippen LogP contribution in [0.1, 0.15) is 25.0 Å². The van der Waals surface area contributed by atoms with Gasteiger partial charge in [-0.3, -0.25) is 19.3 Å². The zero-order valence-corrected chi connectivity index (χ0v) is 16.4. The maximum absolute atomic E-state index is 12.6. The molecule has 4 rings (SSSR count). The highest BCUT2D eigenvalue weighted by Crippen LogP contribution is 2.33. The largest absolute Gasteiger partial charge is 0.441 e. The van der Waals surface area contributed by atoms with Crippen LogP contribution in [0.5, 0.6) is 0 Å². The van der Waals surface area contributed by atoms with Crippen LogP contribution in [0.2, 0.25) is 0 Å². The van der Waals surface area contributed by atoms with E-state index in [0.29, 0.717) is 37.9 Å². The highest BCUT2D eigenvalue weighted by atomic mass is 32.2. The van der Waals surface area contributed by atoms with E-state index in [1.54, 1.807) is 17.0 Å². The average molecular weight is 405 g/mol. The summed E-state index contributed by atoms with van der Waals surface area (Å²) in [6.45, 7) is 4.01. The first-order valence-electron chi connectivity index (χ1n) is 9.57. The number of morpholine rings is 1. The number of hydrogen-bond donors (Lipinski definition) is 0. The lowest BCUT2D eigenvalue weighted by atomic mass is 10.1. The molecule has 0 unspecified atom stereocenters. The van der Waals surface area contributed by atoms with Gasteiger partial charge in [-0.15, -0.1) is 0 Å². The number of anilines is 1. The Hall–Kier alpha value is -2.26. The molecule has 3 saturated heterocycles. The molecule has 1 aromatic rings. The van der Waals surface area contributed by atoms with Crippen LogP contribution in [0.15, 0.2) is 21.5 Å². The average Bonchev–Trinajstić information content (AvgIpc) is 3.30.